The summed E-state index contributed by atoms with van der Waals surface area (Å²) in [5, 5.41) is 2.77. The first kappa shape index (κ1) is 15.3. The van der Waals surface area contributed by atoms with Gasteiger partial charge in [0.2, 0.25) is 10.0 Å². The molecule has 1 aromatic carbocycles. The predicted octanol–water partition coefficient (Wildman–Crippen LogP) is 0.908. The maximum atomic E-state index is 11.7. The van der Waals surface area contributed by atoms with E-state index in [9.17, 15) is 13.2 Å². The van der Waals surface area contributed by atoms with Crippen LogP contribution in [0.15, 0.2) is 23.1 Å². The highest BCUT2D eigenvalue weighted by Gasteiger charge is 2.12. The zero-order chi connectivity index (χ0) is 13.8. The number of sulfonamides is 1. The molecule has 0 fully saturated rings. The van der Waals surface area contributed by atoms with E-state index in [1.54, 1.807) is 12.1 Å². The Kier molecular flexibility index (Phi) is 5.46. The Morgan fingerprint density at radius 2 is 2.11 bits per heavy atom. The van der Waals surface area contributed by atoms with E-state index in [4.69, 9.17) is 11.6 Å². The number of carbonyl (C=O) groups excluding carboxylic acids is 1. The van der Waals surface area contributed by atoms with Crippen LogP contribution in [-0.4, -0.2) is 33.7 Å². The molecule has 0 bridgehead atoms. The van der Waals surface area contributed by atoms with Crippen molar-refractivity contribution in [1.29, 1.82) is 0 Å². The number of hydrogen-bond donors (Lipinski definition) is 3. The molecule has 1 aromatic rings. The summed E-state index contributed by atoms with van der Waals surface area (Å²) in [5.41, 5.74) is 0.269. The van der Waals surface area contributed by atoms with Crippen LogP contribution in [0.2, 0.25) is 5.02 Å². The van der Waals surface area contributed by atoms with E-state index in [0.717, 1.165) is 0 Å². The van der Waals surface area contributed by atoms with E-state index in [2.05, 4.69) is 22.7 Å². The van der Waals surface area contributed by atoms with E-state index < -0.39 is 15.9 Å². The lowest BCUT2D eigenvalue weighted by molar-refractivity contribution is 0.0956. The van der Waals surface area contributed by atoms with Crippen molar-refractivity contribution in [1.82, 2.24) is 10.0 Å². The number of thiol groups is 1. The smallest absolute Gasteiger partial charge is 0.252 e. The molecule has 100 valence electrons. The number of nitrogens with one attached hydrogen (secondary N) is 2. The largest absolute Gasteiger partial charge is 0.351 e. The lowest BCUT2D eigenvalue weighted by atomic mass is 10.2. The fraction of sp³-hybridized carbons (Fsp3) is 0.300. The maximum absolute atomic E-state index is 11.7. The Hall–Kier alpha value is -0.760. The van der Waals surface area contributed by atoms with Crippen molar-refractivity contribution < 1.29 is 13.2 Å². The average Bonchev–Trinajstić information content (AvgIpc) is 2.32. The van der Waals surface area contributed by atoms with Gasteiger partial charge in [-0.15, -0.1) is 12.6 Å². The topological polar surface area (TPSA) is 75.3 Å². The SMILES string of the molecule is CNS(=O)(=O)CCNC(=O)c1cc(S)ccc1Cl. The van der Waals surface area contributed by atoms with Crippen molar-refractivity contribution in [2.75, 3.05) is 19.3 Å². The second-order valence-corrected chi connectivity index (χ2v) is 6.41. The van der Waals surface area contributed by atoms with Gasteiger partial charge in [0.05, 0.1) is 16.3 Å². The Bertz CT molecular complexity index is 546. The Balaban J connectivity index is 2.64. The van der Waals surface area contributed by atoms with Crippen molar-refractivity contribution in [3.8, 4) is 0 Å². The fourth-order valence-electron chi connectivity index (χ4n) is 1.18. The lowest BCUT2D eigenvalue weighted by Gasteiger charge is -2.07. The van der Waals surface area contributed by atoms with Gasteiger partial charge in [0.25, 0.3) is 5.91 Å². The first-order valence-electron chi connectivity index (χ1n) is 5.03. The lowest BCUT2D eigenvalue weighted by Crippen LogP contribution is -2.33. The van der Waals surface area contributed by atoms with E-state index >= 15 is 0 Å². The third-order valence-electron chi connectivity index (χ3n) is 2.16. The Morgan fingerprint density at radius 3 is 2.72 bits per heavy atom. The van der Waals surface area contributed by atoms with Crippen LogP contribution in [0.4, 0.5) is 0 Å². The highest BCUT2D eigenvalue weighted by atomic mass is 35.5. The van der Waals surface area contributed by atoms with Crippen molar-refractivity contribution in [2.24, 2.45) is 0 Å². The predicted molar refractivity (Wildman–Crippen MR) is 73.9 cm³/mol. The third-order valence-corrected chi connectivity index (χ3v) is 4.13. The molecule has 8 heteroatoms. The standard InChI is InChI=1S/C10H13ClN2O3S2/c1-12-18(15,16)5-4-13-10(14)8-6-7(17)2-3-9(8)11/h2-3,6,12,17H,4-5H2,1H3,(H,13,14). The molecule has 0 aliphatic heterocycles. The van der Waals surface area contributed by atoms with E-state index in [1.807, 2.05) is 0 Å². The molecule has 0 unspecified atom stereocenters. The van der Waals surface area contributed by atoms with Gasteiger partial charge in [-0.05, 0) is 25.2 Å². The van der Waals surface area contributed by atoms with Crippen LogP contribution in [0.1, 0.15) is 10.4 Å². The first-order valence-corrected chi connectivity index (χ1v) is 7.51. The van der Waals surface area contributed by atoms with Crippen LogP contribution < -0.4 is 10.0 Å². The first-order chi connectivity index (χ1) is 8.35. The second-order valence-electron chi connectivity index (χ2n) is 3.44. The number of rotatable bonds is 5. The van der Waals surface area contributed by atoms with Gasteiger partial charge >= 0.3 is 0 Å². The van der Waals surface area contributed by atoms with Gasteiger partial charge in [0, 0.05) is 11.4 Å². The molecular weight excluding hydrogens is 296 g/mol. The average molecular weight is 309 g/mol. The molecule has 18 heavy (non-hydrogen) atoms. The summed E-state index contributed by atoms with van der Waals surface area (Å²) in [4.78, 5) is 12.4. The zero-order valence-electron chi connectivity index (χ0n) is 9.60. The minimum atomic E-state index is -3.33. The second kappa shape index (κ2) is 6.42. The minimum Gasteiger partial charge on any atom is -0.351 e. The van der Waals surface area contributed by atoms with Crippen LogP contribution in [0.3, 0.4) is 0 Å². The molecule has 0 aliphatic carbocycles. The number of halogens is 1. The normalized spacial score (nSPS) is 11.3. The van der Waals surface area contributed by atoms with Crippen LogP contribution >= 0.6 is 24.2 Å². The number of hydrogen-bond acceptors (Lipinski definition) is 4. The van der Waals surface area contributed by atoms with Crippen molar-refractivity contribution in [2.45, 2.75) is 4.90 Å². The van der Waals surface area contributed by atoms with Crippen LogP contribution in [0.25, 0.3) is 0 Å². The molecule has 1 rings (SSSR count). The maximum Gasteiger partial charge on any atom is 0.252 e. The molecular formula is C10H13ClN2O3S2. The number of benzene rings is 1. The molecule has 0 saturated heterocycles. The van der Waals surface area contributed by atoms with E-state index in [1.165, 1.54) is 13.1 Å². The molecule has 1 amide bonds. The quantitative estimate of drug-likeness (QED) is 0.708. The minimum absolute atomic E-state index is 0.00906. The van der Waals surface area contributed by atoms with Gasteiger partial charge in [-0.3, -0.25) is 4.79 Å². The highest BCUT2D eigenvalue weighted by molar-refractivity contribution is 7.89. The van der Waals surface area contributed by atoms with E-state index in [0.29, 0.717) is 9.92 Å². The van der Waals surface area contributed by atoms with Crippen molar-refractivity contribution in [3.63, 3.8) is 0 Å². The van der Waals surface area contributed by atoms with E-state index in [-0.39, 0.29) is 17.9 Å². The summed E-state index contributed by atoms with van der Waals surface area (Å²) in [6.45, 7) is 0.00906. The van der Waals surface area contributed by atoms with Crippen molar-refractivity contribution in [3.05, 3.63) is 28.8 Å². The fourth-order valence-corrected chi connectivity index (χ4v) is 2.17. The molecule has 0 aromatic heterocycles. The van der Waals surface area contributed by atoms with Gasteiger partial charge in [0.1, 0.15) is 0 Å². The van der Waals surface area contributed by atoms with Crippen LogP contribution in [-0.2, 0) is 10.0 Å². The van der Waals surface area contributed by atoms with Gasteiger partial charge in [-0.25, -0.2) is 13.1 Å². The monoisotopic (exact) mass is 308 g/mol. The zero-order valence-corrected chi connectivity index (χ0v) is 12.1. The third kappa shape index (κ3) is 4.49. The summed E-state index contributed by atoms with van der Waals surface area (Å²) in [6, 6.07) is 4.74. The van der Waals surface area contributed by atoms with Crippen LogP contribution in [0.5, 0.6) is 0 Å². The summed E-state index contributed by atoms with van der Waals surface area (Å²) < 4.78 is 24.4. The van der Waals surface area contributed by atoms with Gasteiger partial charge in [0.15, 0.2) is 0 Å². The van der Waals surface area contributed by atoms with Gasteiger partial charge in [-0.1, -0.05) is 11.6 Å². The number of amides is 1. The van der Waals surface area contributed by atoms with Gasteiger partial charge in [-0.2, -0.15) is 0 Å². The molecule has 0 heterocycles. The van der Waals surface area contributed by atoms with Crippen LogP contribution in [0, 0.1) is 0 Å². The molecule has 0 spiro atoms. The summed E-state index contributed by atoms with van der Waals surface area (Å²) >= 11 is 9.97. The van der Waals surface area contributed by atoms with Gasteiger partial charge < -0.3 is 5.32 Å². The summed E-state index contributed by atoms with van der Waals surface area (Å²) in [7, 11) is -2.01. The summed E-state index contributed by atoms with van der Waals surface area (Å²) in [6.07, 6.45) is 0. The number of carbonyl (C=O) groups is 1. The van der Waals surface area contributed by atoms with Crippen molar-refractivity contribution >= 4 is 40.2 Å². The molecule has 0 saturated carbocycles. The Labute approximate surface area is 116 Å². The molecule has 0 atom stereocenters. The molecule has 0 radical (unpaired) electrons. The molecule has 0 aliphatic rings. The molecule has 5 nitrogen and oxygen atoms in total. The molecule has 2 N–H and O–H groups in total. The summed E-state index contributed by atoms with van der Waals surface area (Å²) in [5.74, 6) is -0.616. The highest BCUT2D eigenvalue weighted by Crippen LogP contribution is 2.19. The Morgan fingerprint density at radius 1 is 1.44 bits per heavy atom.